The molecule has 1 N–H and O–H groups in total. The van der Waals surface area contributed by atoms with Crippen LogP contribution in [0.25, 0.3) is 44.3 Å². The summed E-state index contributed by atoms with van der Waals surface area (Å²) in [5.74, 6) is 1.10. The molecule has 166 valence electrons. The van der Waals surface area contributed by atoms with Gasteiger partial charge >= 0.3 is 0 Å². The molecule has 0 aliphatic carbocycles. The number of imidazole rings is 1. The number of nitrogens with zero attached hydrogens (tertiary/aromatic N) is 5. The van der Waals surface area contributed by atoms with Crippen molar-refractivity contribution in [3.8, 4) is 39.7 Å². The lowest BCUT2D eigenvalue weighted by atomic mass is 10.1. The van der Waals surface area contributed by atoms with Crippen molar-refractivity contribution in [2.75, 3.05) is 26.4 Å². The Morgan fingerprint density at radius 1 is 0.879 bits per heavy atom. The average molecular weight is 444 g/mol. The van der Waals surface area contributed by atoms with Crippen molar-refractivity contribution < 1.29 is 13.9 Å². The lowest BCUT2D eigenvalue weighted by Gasteiger charge is -2.07. The number of hydrogen-bond acceptors (Lipinski definition) is 5. The maximum Gasteiger partial charge on any atom is 0.138 e. The van der Waals surface area contributed by atoms with Crippen LogP contribution >= 0.6 is 0 Å². The van der Waals surface area contributed by atoms with Gasteiger partial charge in [0, 0.05) is 40.5 Å². The minimum Gasteiger partial charge on any atom is -0.491 e. The number of benzene rings is 2. The Morgan fingerprint density at radius 2 is 1.61 bits per heavy atom. The summed E-state index contributed by atoms with van der Waals surface area (Å²) in [6.45, 7) is 1.45. The highest BCUT2D eigenvalue weighted by Gasteiger charge is 2.15. The molecule has 2 aromatic heterocycles. The largest absolute Gasteiger partial charge is 0.491 e. The average Bonchev–Trinajstić information content (AvgIpc) is 3.30. The standard InChI is InChI=1S/C24H21FN6O2/c25-20-5-1-17(2-6-20)22-23(18-9-11-27-12-10-18)30-24(29-22)19-3-7-21(8-4-19)33-16-15-32-14-13-28-31-26/h1-12H,13-16H2,(H,29,30). The molecule has 0 aliphatic heterocycles. The number of hydrogen-bond donors (Lipinski definition) is 1. The molecule has 9 heteroatoms. The van der Waals surface area contributed by atoms with E-state index in [1.165, 1.54) is 12.1 Å². The van der Waals surface area contributed by atoms with Gasteiger partial charge in [0.05, 0.1) is 24.6 Å². The van der Waals surface area contributed by atoms with Gasteiger partial charge in [0.25, 0.3) is 0 Å². The molecule has 8 nitrogen and oxygen atoms in total. The zero-order valence-corrected chi connectivity index (χ0v) is 17.7. The summed E-state index contributed by atoms with van der Waals surface area (Å²) < 4.78 is 24.4. The summed E-state index contributed by atoms with van der Waals surface area (Å²) in [6, 6.07) is 17.6. The van der Waals surface area contributed by atoms with Gasteiger partial charge in [-0.1, -0.05) is 5.11 Å². The molecule has 33 heavy (non-hydrogen) atoms. The molecule has 4 aromatic rings. The third kappa shape index (κ3) is 5.74. The quantitative estimate of drug-likeness (QED) is 0.147. The lowest BCUT2D eigenvalue weighted by molar-refractivity contribution is 0.106. The van der Waals surface area contributed by atoms with Crippen LogP contribution in [0.3, 0.4) is 0 Å². The maximum atomic E-state index is 13.4. The summed E-state index contributed by atoms with van der Waals surface area (Å²) in [4.78, 5) is 14.9. The fraction of sp³-hybridized carbons (Fsp3) is 0.167. The Kier molecular flexibility index (Phi) is 7.27. The molecule has 4 rings (SSSR count). The molecular weight excluding hydrogens is 423 g/mol. The normalized spacial score (nSPS) is 10.6. The molecule has 0 unspecified atom stereocenters. The number of aromatic amines is 1. The highest BCUT2D eigenvalue weighted by Crippen LogP contribution is 2.33. The van der Waals surface area contributed by atoms with E-state index < -0.39 is 0 Å². The van der Waals surface area contributed by atoms with Gasteiger partial charge < -0.3 is 14.5 Å². The predicted octanol–water partition coefficient (Wildman–Crippen LogP) is 5.65. The molecule has 0 spiro atoms. The second-order valence-electron chi connectivity index (χ2n) is 6.99. The molecule has 2 aromatic carbocycles. The van der Waals surface area contributed by atoms with Crippen LogP contribution in [-0.4, -0.2) is 41.3 Å². The van der Waals surface area contributed by atoms with Crippen LogP contribution in [0.5, 0.6) is 5.75 Å². The molecule has 0 radical (unpaired) electrons. The summed E-state index contributed by atoms with van der Waals surface area (Å²) in [7, 11) is 0. The van der Waals surface area contributed by atoms with Crippen LogP contribution in [0.4, 0.5) is 4.39 Å². The van der Waals surface area contributed by atoms with Gasteiger partial charge in [-0.25, -0.2) is 9.37 Å². The van der Waals surface area contributed by atoms with E-state index in [2.05, 4.69) is 20.0 Å². The summed E-state index contributed by atoms with van der Waals surface area (Å²) in [6.07, 6.45) is 3.43. The molecule has 0 atom stereocenters. The number of halogens is 1. The van der Waals surface area contributed by atoms with Gasteiger partial charge in [0.1, 0.15) is 24.0 Å². The van der Waals surface area contributed by atoms with Crippen molar-refractivity contribution in [1.82, 2.24) is 15.0 Å². The van der Waals surface area contributed by atoms with E-state index in [0.717, 1.165) is 28.1 Å². The van der Waals surface area contributed by atoms with Crippen molar-refractivity contribution in [2.45, 2.75) is 0 Å². The third-order valence-corrected chi connectivity index (χ3v) is 4.81. The number of nitrogens with one attached hydrogen (secondary N) is 1. The van der Waals surface area contributed by atoms with E-state index in [4.69, 9.17) is 20.0 Å². The second-order valence-corrected chi connectivity index (χ2v) is 6.99. The zero-order valence-electron chi connectivity index (χ0n) is 17.7. The first-order valence-electron chi connectivity index (χ1n) is 10.3. The molecule has 0 aliphatic rings. The Labute approximate surface area is 189 Å². The number of ether oxygens (including phenoxy) is 2. The van der Waals surface area contributed by atoms with Crippen molar-refractivity contribution in [3.63, 3.8) is 0 Å². The van der Waals surface area contributed by atoms with Crippen LogP contribution in [0.1, 0.15) is 0 Å². The van der Waals surface area contributed by atoms with Crippen LogP contribution in [0, 0.1) is 5.82 Å². The topological polar surface area (TPSA) is 109 Å². The molecule has 2 heterocycles. The Balaban J connectivity index is 1.50. The minimum atomic E-state index is -0.291. The first-order valence-corrected chi connectivity index (χ1v) is 10.3. The maximum absolute atomic E-state index is 13.4. The first-order chi connectivity index (χ1) is 16.2. The molecule has 0 amide bonds. The number of rotatable bonds is 10. The van der Waals surface area contributed by atoms with Gasteiger partial charge in [0.2, 0.25) is 0 Å². The van der Waals surface area contributed by atoms with Gasteiger partial charge in [-0.3, -0.25) is 4.98 Å². The van der Waals surface area contributed by atoms with E-state index >= 15 is 0 Å². The van der Waals surface area contributed by atoms with Crippen LogP contribution < -0.4 is 4.74 Å². The van der Waals surface area contributed by atoms with Crippen LogP contribution in [-0.2, 0) is 4.74 Å². The molecule has 0 saturated heterocycles. The summed E-state index contributed by atoms with van der Waals surface area (Å²) in [5, 5.41) is 3.40. The van der Waals surface area contributed by atoms with Crippen LogP contribution in [0.15, 0.2) is 78.2 Å². The van der Waals surface area contributed by atoms with Gasteiger partial charge in [-0.15, -0.1) is 0 Å². The van der Waals surface area contributed by atoms with E-state index in [1.807, 2.05) is 36.4 Å². The zero-order chi connectivity index (χ0) is 22.9. The SMILES string of the molecule is [N-]=[N+]=NCCOCCOc1ccc(-c2nc(-c3ccncc3)c(-c3ccc(F)cc3)[nH]2)cc1. The second kappa shape index (κ2) is 10.9. The van der Waals surface area contributed by atoms with E-state index in [1.54, 1.807) is 24.5 Å². The van der Waals surface area contributed by atoms with Crippen molar-refractivity contribution in [3.05, 3.63) is 89.3 Å². The van der Waals surface area contributed by atoms with Crippen molar-refractivity contribution in [2.24, 2.45) is 5.11 Å². The molecule has 0 bridgehead atoms. The van der Waals surface area contributed by atoms with E-state index in [-0.39, 0.29) is 5.82 Å². The van der Waals surface area contributed by atoms with E-state index in [0.29, 0.717) is 37.9 Å². The lowest BCUT2D eigenvalue weighted by Crippen LogP contribution is -2.08. The van der Waals surface area contributed by atoms with Crippen molar-refractivity contribution >= 4 is 0 Å². The fourth-order valence-corrected chi connectivity index (χ4v) is 3.23. The highest BCUT2D eigenvalue weighted by atomic mass is 19.1. The third-order valence-electron chi connectivity index (χ3n) is 4.81. The Hall–Kier alpha value is -4.20. The predicted molar refractivity (Wildman–Crippen MR) is 123 cm³/mol. The molecule has 0 saturated carbocycles. The van der Waals surface area contributed by atoms with E-state index in [9.17, 15) is 4.39 Å². The summed E-state index contributed by atoms with van der Waals surface area (Å²) >= 11 is 0. The minimum absolute atomic E-state index is 0.291. The number of pyridine rings is 1. The van der Waals surface area contributed by atoms with Crippen molar-refractivity contribution in [1.29, 1.82) is 0 Å². The van der Waals surface area contributed by atoms with Gasteiger partial charge in [-0.05, 0) is 66.2 Å². The first kappa shape index (κ1) is 22.0. The highest BCUT2D eigenvalue weighted by molar-refractivity contribution is 5.81. The van der Waals surface area contributed by atoms with Gasteiger partial charge in [-0.2, -0.15) is 0 Å². The monoisotopic (exact) mass is 444 g/mol. The number of azide groups is 1. The molecular formula is C24H21FN6O2. The smallest absolute Gasteiger partial charge is 0.138 e. The number of H-pyrrole nitrogens is 1. The Morgan fingerprint density at radius 3 is 2.33 bits per heavy atom. The summed E-state index contributed by atoms with van der Waals surface area (Å²) in [5.41, 5.74) is 12.4. The van der Waals surface area contributed by atoms with Gasteiger partial charge in [0.15, 0.2) is 0 Å². The number of aromatic nitrogens is 3. The van der Waals surface area contributed by atoms with Crippen LogP contribution in [0.2, 0.25) is 0 Å². The fourth-order valence-electron chi connectivity index (χ4n) is 3.23. The molecule has 0 fully saturated rings. The Bertz CT molecular complexity index is 1220.